The largest absolute Gasteiger partial charge is 0.339 e. The minimum atomic E-state index is -0.332. The molecule has 2 N–H and O–H groups in total. The van der Waals surface area contributed by atoms with Gasteiger partial charge < -0.3 is 10.2 Å². The van der Waals surface area contributed by atoms with E-state index in [0.717, 1.165) is 47.5 Å². The van der Waals surface area contributed by atoms with Crippen LogP contribution in [0.3, 0.4) is 0 Å². The fourth-order valence-electron chi connectivity index (χ4n) is 5.16. The van der Waals surface area contributed by atoms with Gasteiger partial charge in [-0.1, -0.05) is 62.2 Å². The molecular formula is C33H37ClN6O2. The van der Waals surface area contributed by atoms with E-state index in [4.69, 9.17) is 16.7 Å². The highest BCUT2D eigenvalue weighted by Gasteiger charge is 2.26. The molecule has 5 rings (SSSR count). The Balaban J connectivity index is 1.20. The zero-order valence-corrected chi connectivity index (χ0v) is 25.3. The predicted molar refractivity (Wildman–Crippen MR) is 168 cm³/mol. The molecule has 1 aliphatic rings. The third kappa shape index (κ3) is 6.99. The number of nitrogens with zero attached hydrogens (tertiary/aromatic N) is 4. The van der Waals surface area contributed by atoms with Crippen LogP contribution in [-0.2, 0) is 11.8 Å². The maximum atomic E-state index is 13.1. The van der Waals surface area contributed by atoms with Crippen molar-refractivity contribution in [3.8, 4) is 5.69 Å². The van der Waals surface area contributed by atoms with Crippen molar-refractivity contribution in [1.29, 1.82) is 0 Å². The van der Waals surface area contributed by atoms with Crippen molar-refractivity contribution in [2.45, 2.75) is 52.4 Å². The van der Waals surface area contributed by atoms with Crippen molar-refractivity contribution >= 4 is 35.0 Å². The number of anilines is 2. The summed E-state index contributed by atoms with van der Waals surface area (Å²) in [6.45, 7) is 9.70. The van der Waals surface area contributed by atoms with E-state index >= 15 is 0 Å². The van der Waals surface area contributed by atoms with Crippen LogP contribution >= 0.6 is 11.6 Å². The first-order valence-corrected chi connectivity index (χ1v) is 14.7. The molecule has 2 aromatic carbocycles. The van der Waals surface area contributed by atoms with E-state index in [1.54, 1.807) is 23.0 Å². The van der Waals surface area contributed by atoms with Crippen LogP contribution in [0.15, 0.2) is 72.9 Å². The van der Waals surface area contributed by atoms with Gasteiger partial charge in [-0.15, -0.1) is 0 Å². The molecule has 218 valence electrons. The van der Waals surface area contributed by atoms with Gasteiger partial charge in [0.05, 0.1) is 16.9 Å². The van der Waals surface area contributed by atoms with Crippen LogP contribution in [0.1, 0.15) is 60.8 Å². The summed E-state index contributed by atoms with van der Waals surface area (Å²) in [5, 5.41) is 11.0. The summed E-state index contributed by atoms with van der Waals surface area (Å²) in [6, 6.07) is 21.0. The third-order valence-electron chi connectivity index (χ3n) is 7.60. The van der Waals surface area contributed by atoms with Crippen LogP contribution < -0.4 is 10.6 Å². The van der Waals surface area contributed by atoms with Gasteiger partial charge in [-0.3, -0.25) is 10.1 Å². The molecule has 9 heteroatoms. The van der Waals surface area contributed by atoms with Crippen LogP contribution in [-0.4, -0.2) is 44.7 Å². The maximum Gasteiger partial charge on any atom is 0.324 e. The summed E-state index contributed by atoms with van der Waals surface area (Å²) in [5.74, 6) is 0.982. The zero-order chi connectivity index (χ0) is 29.9. The van der Waals surface area contributed by atoms with Gasteiger partial charge in [0.15, 0.2) is 0 Å². The number of carbonyl (C=O) groups is 2. The molecule has 3 amide bonds. The number of carbonyl (C=O) groups excluding carboxylic acids is 2. The number of hydrogen-bond donors (Lipinski definition) is 2. The minimum absolute atomic E-state index is 0.0675. The van der Waals surface area contributed by atoms with E-state index in [0.29, 0.717) is 30.4 Å². The monoisotopic (exact) mass is 584 g/mol. The summed E-state index contributed by atoms with van der Waals surface area (Å²) < 4.78 is 1.77. The first kappa shape index (κ1) is 29.3. The average Bonchev–Trinajstić information content (AvgIpc) is 3.38. The number of halogens is 1. The Morgan fingerprint density at radius 2 is 1.71 bits per heavy atom. The number of aromatic nitrogens is 3. The van der Waals surface area contributed by atoms with Crippen LogP contribution in [0.5, 0.6) is 0 Å². The quantitative estimate of drug-likeness (QED) is 0.233. The molecule has 0 atom stereocenters. The number of urea groups is 1. The van der Waals surface area contributed by atoms with Gasteiger partial charge in [0, 0.05) is 36.5 Å². The summed E-state index contributed by atoms with van der Waals surface area (Å²) in [4.78, 5) is 31.9. The van der Waals surface area contributed by atoms with Crippen LogP contribution in [0.25, 0.3) is 5.69 Å². The normalized spacial score (nSPS) is 14.1. The van der Waals surface area contributed by atoms with E-state index in [-0.39, 0.29) is 22.5 Å². The molecule has 0 radical (unpaired) electrons. The fraction of sp³-hybridized carbons (Fsp3) is 0.333. The highest BCUT2D eigenvalue weighted by atomic mass is 35.5. The Morgan fingerprint density at radius 3 is 2.40 bits per heavy atom. The molecule has 1 saturated heterocycles. The number of amides is 3. The molecule has 2 aromatic heterocycles. The lowest BCUT2D eigenvalue weighted by molar-refractivity contribution is 0.0690. The lowest BCUT2D eigenvalue weighted by Gasteiger charge is -2.32. The van der Waals surface area contributed by atoms with Crippen molar-refractivity contribution < 1.29 is 9.59 Å². The second kappa shape index (κ2) is 12.4. The topological polar surface area (TPSA) is 92.2 Å². The van der Waals surface area contributed by atoms with E-state index in [1.165, 1.54) is 0 Å². The first-order chi connectivity index (χ1) is 20.1. The van der Waals surface area contributed by atoms with E-state index in [1.807, 2.05) is 60.4 Å². The SMILES string of the molecule is Cc1ccc(-n2nc(C(C)(C)C)cc2NC(=O)Nc2cccc(CC3CCN(C(=O)c4cccnc4Cl)CC3)c2)cc1. The number of piperidine rings is 1. The van der Waals surface area contributed by atoms with Crippen molar-refractivity contribution in [2.24, 2.45) is 5.92 Å². The smallest absolute Gasteiger partial charge is 0.324 e. The van der Waals surface area contributed by atoms with E-state index < -0.39 is 0 Å². The highest BCUT2D eigenvalue weighted by molar-refractivity contribution is 6.32. The molecule has 0 spiro atoms. The van der Waals surface area contributed by atoms with Gasteiger partial charge >= 0.3 is 6.03 Å². The minimum Gasteiger partial charge on any atom is -0.339 e. The Kier molecular flexibility index (Phi) is 8.64. The highest BCUT2D eigenvalue weighted by Crippen LogP contribution is 2.28. The van der Waals surface area contributed by atoms with Crippen molar-refractivity contribution in [2.75, 3.05) is 23.7 Å². The first-order valence-electron chi connectivity index (χ1n) is 14.3. The number of aryl methyl sites for hydroxylation is 1. The lowest BCUT2D eigenvalue weighted by Crippen LogP contribution is -2.39. The molecule has 0 bridgehead atoms. The second-order valence-electron chi connectivity index (χ2n) is 12.0. The zero-order valence-electron chi connectivity index (χ0n) is 24.5. The third-order valence-corrected chi connectivity index (χ3v) is 7.90. The number of benzene rings is 2. The Morgan fingerprint density at radius 1 is 0.976 bits per heavy atom. The number of nitrogens with one attached hydrogen (secondary N) is 2. The summed E-state index contributed by atoms with van der Waals surface area (Å²) in [7, 11) is 0. The Labute approximate surface area is 252 Å². The number of rotatable bonds is 6. The molecule has 3 heterocycles. The van der Waals surface area contributed by atoms with Crippen molar-refractivity contribution in [1.82, 2.24) is 19.7 Å². The standard InChI is InChI=1S/C33H37ClN6O2/c1-22-10-12-26(13-11-22)40-29(21-28(38-40)33(2,3)4)37-32(42)36-25-8-5-7-24(20-25)19-23-14-17-39(18-15-23)31(41)27-9-6-16-35-30(27)34/h5-13,16,20-21,23H,14-15,17-19H2,1-4H3,(H2,36,37,42). The molecule has 1 aliphatic heterocycles. The fourth-order valence-corrected chi connectivity index (χ4v) is 5.36. The van der Waals surface area contributed by atoms with Gasteiger partial charge in [0.1, 0.15) is 11.0 Å². The van der Waals surface area contributed by atoms with Crippen LogP contribution in [0.2, 0.25) is 5.15 Å². The molecule has 0 aliphatic carbocycles. The molecule has 4 aromatic rings. The molecule has 0 saturated carbocycles. The molecule has 1 fully saturated rings. The predicted octanol–water partition coefficient (Wildman–Crippen LogP) is 7.27. The van der Waals surface area contributed by atoms with Crippen LogP contribution in [0.4, 0.5) is 16.3 Å². The summed E-state index contributed by atoms with van der Waals surface area (Å²) in [5.41, 5.74) is 5.07. The van der Waals surface area contributed by atoms with Gasteiger partial charge in [-0.2, -0.15) is 5.10 Å². The molecule has 42 heavy (non-hydrogen) atoms. The van der Waals surface area contributed by atoms with Crippen molar-refractivity contribution in [3.05, 3.63) is 100 Å². The van der Waals surface area contributed by atoms with Crippen molar-refractivity contribution in [3.63, 3.8) is 0 Å². The summed E-state index contributed by atoms with van der Waals surface area (Å²) in [6.07, 6.45) is 4.27. The number of likely N-dealkylation sites (tertiary alicyclic amines) is 1. The summed E-state index contributed by atoms with van der Waals surface area (Å²) >= 11 is 6.13. The Hall–Kier alpha value is -4.17. The second-order valence-corrected chi connectivity index (χ2v) is 12.3. The number of pyridine rings is 1. The van der Waals surface area contributed by atoms with Gasteiger partial charge in [0.2, 0.25) is 0 Å². The lowest BCUT2D eigenvalue weighted by atomic mass is 9.90. The van der Waals surface area contributed by atoms with E-state index in [2.05, 4.69) is 42.5 Å². The molecule has 0 unspecified atom stereocenters. The van der Waals surface area contributed by atoms with Gasteiger partial charge in [0.25, 0.3) is 5.91 Å². The maximum absolute atomic E-state index is 13.1. The van der Waals surface area contributed by atoms with E-state index in [9.17, 15) is 9.59 Å². The molecule has 8 nitrogen and oxygen atoms in total. The van der Waals surface area contributed by atoms with Crippen LogP contribution in [0, 0.1) is 12.8 Å². The number of hydrogen-bond acceptors (Lipinski definition) is 4. The molecular weight excluding hydrogens is 548 g/mol. The van der Waals surface area contributed by atoms with Gasteiger partial charge in [-0.05, 0) is 74.1 Å². The van der Waals surface area contributed by atoms with Gasteiger partial charge in [-0.25, -0.2) is 14.5 Å². The average molecular weight is 585 g/mol. The Bertz CT molecular complexity index is 1570.